The minimum absolute atomic E-state index is 0.457. The normalized spacial score (nSPS) is 13.2. The van der Waals surface area contributed by atoms with E-state index < -0.39 is 0 Å². The van der Waals surface area contributed by atoms with Crippen LogP contribution >= 0.6 is 0 Å². The van der Waals surface area contributed by atoms with E-state index in [-0.39, 0.29) is 0 Å². The Balaban J connectivity index is 2.61. The molecule has 0 saturated carbocycles. The van der Waals surface area contributed by atoms with Crippen LogP contribution in [0, 0.1) is 6.92 Å². The summed E-state index contributed by atoms with van der Waals surface area (Å²) >= 11 is 0. The highest BCUT2D eigenvalue weighted by Gasteiger charge is 2.12. The zero-order chi connectivity index (χ0) is 9.68. The Hall–Kier alpha value is -0.760. The van der Waals surface area contributed by atoms with E-state index in [9.17, 15) is 0 Å². The molecular formula is C11H19NO. The van der Waals surface area contributed by atoms with Crippen molar-refractivity contribution in [1.82, 2.24) is 5.32 Å². The highest BCUT2D eigenvalue weighted by molar-refractivity contribution is 5.19. The Bertz CT molecular complexity index is 242. The largest absolute Gasteiger partial charge is 0.469 e. The Morgan fingerprint density at radius 1 is 1.54 bits per heavy atom. The topological polar surface area (TPSA) is 25.2 Å². The zero-order valence-electron chi connectivity index (χ0n) is 8.76. The first-order valence-electron chi connectivity index (χ1n) is 5.00. The molecule has 1 unspecified atom stereocenters. The molecule has 0 amide bonds. The lowest BCUT2D eigenvalue weighted by atomic mass is 10.0. The van der Waals surface area contributed by atoms with Gasteiger partial charge in [-0.05, 0) is 26.5 Å². The first-order valence-corrected chi connectivity index (χ1v) is 5.00. The van der Waals surface area contributed by atoms with E-state index in [1.807, 2.05) is 14.0 Å². The minimum Gasteiger partial charge on any atom is -0.469 e. The second-order valence-electron chi connectivity index (χ2n) is 3.42. The maximum atomic E-state index is 5.29. The van der Waals surface area contributed by atoms with E-state index in [4.69, 9.17) is 4.42 Å². The predicted octanol–water partition coefficient (Wildman–Crippen LogP) is 3.04. The van der Waals surface area contributed by atoms with Crippen molar-refractivity contribution in [3.8, 4) is 0 Å². The standard InChI is InChI=1S/C11H19NO/c1-4-5-6-11(12-3)10-7-8-13-9(10)2/h7-8,11-12H,4-6H2,1-3H3. The van der Waals surface area contributed by atoms with Gasteiger partial charge >= 0.3 is 0 Å². The van der Waals surface area contributed by atoms with Gasteiger partial charge in [-0.25, -0.2) is 0 Å². The van der Waals surface area contributed by atoms with Gasteiger partial charge in [0.1, 0.15) is 5.76 Å². The fourth-order valence-corrected chi connectivity index (χ4v) is 1.62. The van der Waals surface area contributed by atoms with E-state index >= 15 is 0 Å². The van der Waals surface area contributed by atoms with Crippen molar-refractivity contribution in [1.29, 1.82) is 0 Å². The molecule has 1 aromatic rings. The van der Waals surface area contributed by atoms with Gasteiger partial charge in [-0.2, -0.15) is 0 Å². The van der Waals surface area contributed by atoms with E-state index in [2.05, 4.69) is 18.3 Å². The highest BCUT2D eigenvalue weighted by Crippen LogP contribution is 2.22. The third kappa shape index (κ3) is 2.59. The average molecular weight is 181 g/mol. The smallest absolute Gasteiger partial charge is 0.105 e. The average Bonchev–Trinajstić information content (AvgIpc) is 2.54. The van der Waals surface area contributed by atoms with Crippen LogP contribution in [-0.2, 0) is 0 Å². The van der Waals surface area contributed by atoms with Crippen LogP contribution in [0.25, 0.3) is 0 Å². The molecule has 1 heterocycles. The zero-order valence-corrected chi connectivity index (χ0v) is 8.76. The van der Waals surface area contributed by atoms with Crippen LogP contribution in [0.4, 0.5) is 0 Å². The van der Waals surface area contributed by atoms with Gasteiger partial charge < -0.3 is 9.73 Å². The maximum Gasteiger partial charge on any atom is 0.105 e. The van der Waals surface area contributed by atoms with Crippen molar-refractivity contribution in [2.45, 2.75) is 39.2 Å². The first kappa shape index (κ1) is 10.3. The summed E-state index contributed by atoms with van der Waals surface area (Å²) < 4.78 is 5.29. The fourth-order valence-electron chi connectivity index (χ4n) is 1.62. The summed E-state index contributed by atoms with van der Waals surface area (Å²) in [5.74, 6) is 1.04. The van der Waals surface area contributed by atoms with Gasteiger partial charge in [0.25, 0.3) is 0 Å². The van der Waals surface area contributed by atoms with Gasteiger partial charge in [-0.1, -0.05) is 19.8 Å². The Morgan fingerprint density at radius 3 is 2.77 bits per heavy atom. The van der Waals surface area contributed by atoms with Gasteiger partial charge in [0.05, 0.1) is 6.26 Å². The van der Waals surface area contributed by atoms with Gasteiger partial charge in [0, 0.05) is 11.6 Å². The van der Waals surface area contributed by atoms with Gasteiger partial charge in [-0.3, -0.25) is 0 Å². The number of furan rings is 1. The Morgan fingerprint density at radius 2 is 2.31 bits per heavy atom. The van der Waals surface area contributed by atoms with Gasteiger partial charge in [-0.15, -0.1) is 0 Å². The number of hydrogen-bond acceptors (Lipinski definition) is 2. The molecule has 0 aliphatic carbocycles. The number of aryl methyl sites for hydroxylation is 1. The first-order chi connectivity index (χ1) is 6.29. The van der Waals surface area contributed by atoms with Crippen molar-refractivity contribution < 1.29 is 4.42 Å². The van der Waals surface area contributed by atoms with Crippen molar-refractivity contribution >= 4 is 0 Å². The van der Waals surface area contributed by atoms with Crippen molar-refractivity contribution in [2.75, 3.05) is 7.05 Å². The molecule has 0 bridgehead atoms. The Labute approximate surface area is 80.3 Å². The lowest BCUT2D eigenvalue weighted by molar-refractivity contribution is 0.490. The number of hydrogen-bond donors (Lipinski definition) is 1. The molecule has 74 valence electrons. The summed E-state index contributed by atoms with van der Waals surface area (Å²) in [5.41, 5.74) is 1.30. The monoisotopic (exact) mass is 181 g/mol. The van der Waals surface area contributed by atoms with Crippen molar-refractivity contribution in [2.24, 2.45) is 0 Å². The molecule has 1 aromatic heterocycles. The van der Waals surface area contributed by atoms with Crippen molar-refractivity contribution in [3.63, 3.8) is 0 Å². The molecule has 1 rings (SSSR count). The molecule has 1 atom stereocenters. The van der Waals surface area contributed by atoms with Crippen LogP contribution in [0.15, 0.2) is 16.7 Å². The highest BCUT2D eigenvalue weighted by atomic mass is 16.3. The molecule has 1 N–H and O–H groups in total. The second-order valence-corrected chi connectivity index (χ2v) is 3.42. The fraction of sp³-hybridized carbons (Fsp3) is 0.636. The van der Waals surface area contributed by atoms with Crippen LogP contribution in [0.2, 0.25) is 0 Å². The van der Waals surface area contributed by atoms with Crippen LogP contribution in [0.5, 0.6) is 0 Å². The van der Waals surface area contributed by atoms with Gasteiger partial charge in [0.15, 0.2) is 0 Å². The van der Waals surface area contributed by atoms with E-state index in [0.29, 0.717) is 6.04 Å². The van der Waals surface area contributed by atoms with Crippen LogP contribution < -0.4 is 5.32 Å². The molecule has 13 heavy (non-hydrogen) atoms. The van der Waals surface area contributed by atoms with Crippen LogP contribution in [0.3, 0.4) is 0 Å². The molecule has 2 nitrogen and oxygen atoms in total. The number of unbranched alkanes of at least 4 members (excludes halogenated alkanes) is 1. The lowest BCUT2D eigenvalue weighted by Crippen LogP contribution is -2.16. The number of rotatable bonds is 5. The molecule has 0 aliphatic rings. The summed E-state index contributed by atoms with van der Waals surface area (Å²) in [4.78, 5) is 0. The molecule has 2 heteroatoms. The molecule has 0 saturated heterocycles. The van der Waals surface area contributed by atoms with E-state index in [1.54, 1.807) is 6.26 Å². The summed E-state index contributed by atoms with van der Waals surface area (Å²) in [5, 5.41) is 3.32. The van der Waals surface area contributed by atoms with Crippen molar-refractivity contribution in [3.05, 3.63) is 23.7 Å². The quantitative estimate of drug-likeness (QED) is 0.755. The maximum absolute atomic E-state index is 5.29. The molecule has 0 aromatic carbocycles. The predicted molar refractivity (Wildman–Crippen MR) is 54.8 cm³/mol. The van der Waals surface area contributed by atoms with E-state index in [0.717, 1.165) is 5.76 Å². The summed E-state index contributed by atoms with van der Waals surface area (Å²) in [6.07, 6.45) is 5.46. The molecule has 0 aliphatic heterocycles. The number of nitrogens with one attached hydrogen (secondary N) is 1. The SMILES string of the molecule is CCCCC(NC)c1ccoc1C. The van der Waals surface area contributed by atoms with Gasteiger partial charge in [0.2, 0.25) is 0 Å². The molecular weight excluding hydrogens is 162 g/mol. The summed E-state index contributed by atoms with van der Waals surface area (Å²) in [7, 11) is 2.01. The Kier molecular flexibility index (Phi) is 4.03. The third-order valence-electron chi connectivity index (χ3n) is 2.47. The van der Waals surface area contributed by atoms with E-state index in [1.165, 1.54) is 24.8 Å². The minimum atomic E-state index is 0.457. The molecule has 0 radical (unpaired) electrons. The van der Waals surface area contributed by atoms with Crippen LogP contribution in [-0.4, -0.2) is 7.05 Å². The molecule has 0 fully saturated rings. The second kappa shape index (κ2) is 5.07. The lowest BCUT2D eigenvalue weighted by Gasteiger charge is -2.14. The molecule has 0 spiro atoms. The van der Waals surface area contributed by atoms with Crippen LogP contribution in [0.1, 0.15) is 43.6 Å². The summed E-state index contributed by atoms with van der Waals surface area (Å²) in [6.45, 7) is 4.24. The summed E-state index contributed by atoms with van der Waals surface area (Å²) in [6, 6.07) is 2.52. The third-order valence-corrected chi connectivity index (χ3v) is 2.47.